The summed E-state index contributed by atoms with van der Waals surface area (Å²) in [7, 11) is 0. The van der Waals surface area contributed by atoms with Crippen molar-refractivity contribution in [2.24, 2.45) is 4.99 Å². The fraction of sp³-hybridized carbons (Fsp3) is 0. The predicted octanol–water partition coefficient (Wildman–Crippen LogP) is 5.84. The number of allylic oxidation sites excluding steroid dienone is 1. The van der Waals surface area contributed by atoms with Crippen LogP contribution in [0.5, 0.6) is 0 Å². The lowest BCUT2D eigenvalue weighted by molar-refractivity contribution is 1.46. The van der Waals surface area contributed by atoms with E-state index >= 15 is 0 Å². The monoisotopic (exact) mass is 320 g/mol. The predicted molar refractivity (Wildman–Crippen MR) is 105 cm³/mol. The van der Waals surface area contributed by atoms with Crippen LogP contribution >= 0.6 is 0 Å². The first kappa shape index (κ1) is 14.0. The number of para-hydroxylation sites is 2. The van der Waals surface area contributed by atoms with Gasteiger partial charge >= 0.3 is 0 Å². The zero-order valence-electron chi connectivity index (χ0n) is 13.6. The summed E-state index contributed by atoms with van der Waals surface area (Å²) < 4.78 is 0. The number of nitrogens with zero attached hydrogens (tertiary/aromatic N) is 1. The van der Waals surface area contributed by atoms with Gasteiger partial charge in [0.25, 0.3) is 0 Å². The number of rotatable bonds is 2. The molecule has 1 aromatic heterocycles. The SMILES string of the molecule is C1=Nc2ccccc2/C1=C(\c1ccccc1)c1c[nH]c2ccccc12. The lowest BCUT2D eigenvalue weighted by atomic mass is 9.90. The third-order valence-electron chi connectivity index (χ3n) is 4.72. The van der Waals surface area contributed by atoms with Crippen molar-refractivity contribution in [1.29, 1.82) is 0 Å². The Morgan fingerprint density at radius 2 is 1.52 bits per heavy atom. The second kappa shape index (κ2) is 5.60. The molecule has 0 bridgehead atoms. The molecule has 0 aliphatic carbocycles. The normalized spacial score (nSPS) is 14.7. The number of hydrogen-bond acceptors (Lipinski definition) is 1. The van der Waals surface area contributed by atoms with Crippen molar-refractivity contribution in [3.63, 3.8) is 0 Å². The Balaban J connectivity index is 1.86. The lowest BCUT2D eigenvalue weighted by Crippen LogP contribution is -1.93. The topological polar surface area (TPSA) is 28.1 Å². The van der Waals surface area contributed by atoms with Crippen molar-refractivity contribution in [2.45, 2.75) is 0 Å². The molecule has 0 radical (unpaired) electrons. The van der Waals surface area contributed by atoms with Gasteiger partial charge in [-0.2, -0.15) is 0 Å². The summed E-state index contributed by atoms with van der Waals surface area (Å²) in [6, 6.07) is 27.3. The van der Waals surface area contributed by atoms with Crippen LogP contribution in [0.2, 0.25) is 0 Å². The van der Waals surface area contributed by atoms with E-state index < -0.39 is 0 Å². The maximum Gasteiger partial charge on any atom is 0.0709 e. The molecule has 0 saturated heterocycles. The Morgan fingerprint density at radius 1 is 0.760 bits per heavy atom. The molecule has 1 aliphatic heterocycles. The van der Waals surface area contributed by atoms with Crippen molar-refractivity contribution < 1.29 is 0 Å². The molecule has 2 heterocycles. The maximum absolute atomic E-state index is 4.62. The number of fused-ring (bicyclic) bond motifs is 2. The third kappa shape index (κ3) is 2.23. The van der Waals surface area contributed by atoms with Gasteiger partial charge < -0.3 is 4.98 Å². The van der Waals surface area contributed by atoms with Crippen LogP contribution in [0.15, 0.2) is 90.1 Å². The van der Waals surface area contributed by atoms with Crippen molar-refractivity contribution >= 4 is 34.0 Å². The molecule has 0 fully saturated rings. The molecule has 1 aliphatic rings. The number of aromatic nitrogens is 1. The van der Waals surface area contributed by atoms with Crippen LogP contribution in [0.1, 0.15) is 16.7 Å². The minimum absolute atomic E-state index is 1.03. The number of nitrogens with one attached hydrogen (secondary N) is 1. The van der Waals surface area contributed by atoms with E-state index in [0.717, 1.165) is 11.2 Å². The van der Waals surface area contributed by atoms with Crippen molar-refractivity contribution in [2.75, 3.05) is 0 Å². The zero-order valence-corrected chi connectivity index (χ0v) is 13.6. The molecule has 2 heteroatoms. The highest BCUT2D eigenvalue weighted by atomic mass is 14.8. The Kier molecular flexibility index (Phi) is 3.14. The Hall–Kier alpha value is -3.39. The molecule has 118 valence electrons. The third-order valence-corrected chi connectivity index (χ3v) is 4.72. The summed E-state index contributed by atoms with van der Waals surface area (Å²) in [4.78, 5) is 8.03. The first-order chi connectivity index (χ1) is 12.4. The molecule has 2 nitrogen and oxygen atoms in total. The Morgan fingerprint density at radius 3 is 2.44 bits per heavy atom. The summed E-state index contributed by atoms with van der Waals surface area (Å²) >= 11 is 0. The average Bonchev–Trinajstić information content (AvgIpc) is 3.29. The van der Waals surface area contributed by atoms with E-state index in [0.29, 0.717) is 0 Å². The van der Waals surface area contributed by atoms with Crippen molar-refractivity contribution in [3.05, 3.63) is 102 Å². The largest absolute Gasteiger partial charge is 0.361 e. The number of benzene rings is 3. The van der Waals surface area contributed by atoms with Crippen LogP contribution in [0.25, 0.3) is 22.0 Å². The average molecular weight is 320 g/mol. The van der Waals surface area contributed by atoms with E-state index in [1.165, 1.54) is 33.2 Å². The van der Waals surface area contributed by atoms with Crippen LogP contribution in [0.4, 0.5) is 5.69 Å². The summed E-state index contributed by atoms with van der Waals surface area (Å²) in [5, 5.41) is 1.23. The van der Waals surface area contributed by atoms with Gasteiger partial charge in [-0.3, -0.25) is 4.99 Å². The summed E-state index contributed by atoms with van der Waals surface area (Å²) in [5.74, 6) is 0. The van der Waals surface area contributed by atoms with E-state index in [4.69, 9.17) is 0 Å². The number of aliphatic imine (C=N–C) groups is 1. The van der Waals surface area contributed by atoms with Gasteiger partial charge in [-0.1, -0.05) is 66.7 Å². The molecule has 0 amide bonds. The van der Waals surface area contributed by atoms with Gasteiger partial charge in [-0.25, -0.2) is 0 Å². The molecule has 1 N–H and O–H groups in total. The zero-order chi connectivity index (χ0) is 16.6. The molecule has 3 aromatic carbocycles. The quantitative estimate of drug-likeness (QED) is 0.480. The van der Waals surface area contributed by atoms with E-state index in [1.807, 2.05) is 12.3 Å². The summed E-state index contributed by atoms with van der Waals surface area (Å²) in [6.07, 6.45) is 4.10. The number of aromatic amines is 1. The summed E-state index contributed by atoms with van der Waals surface area (Å²) in [5.41, 5.74) is 8.16. The van der Waals surface area contributed by atoms with Crippen molar-refractivity contribution in [3.8, 4) is 0 Å². The highest BCUT2D eigenvalue weighted by Crippen LogP contribution is 2.40. The maximum atomic E-state index is 4.62. The number of H-pyrrole nitrogens is 1. The van der Waals surface area contributed by atoms with Crippen LogP contribution in [0, 0.1) is 0 Å². The second-order valence-corrected chi connectivity index (χ2v) is 6.18. The lowest BCUT2D eigenvalue weighted by Gasteiger charge is -2.12. The highest BCUT2D eigenvalue weighted by molar-refractivity contribution is 6.27. The van der Waals surface area contributed by atoms with Gasteiger partial charge in [0.1, 0.15) is 0 Å². The fourth-order valence-electron chi connectivity index (χ4n) is 3.56. The van der Waals surface area contributed by atoms with Gasteiger partial charge in [0.15, 0.2) is 0 Å². The molecule has 4 aromatic rings. The van der Waals surface area contributed by atoms with Gasteiger partial charge in [-0.05, 0) is 17.7 Å². The first-order valence-electron chi connectivity index (χ1n) is 8.41. The van der Waals surface area contributed by atoms with Gasteiger partial charge in [0.2, 0.25) is 0 Å². The van der Waals surface area contributed by atoms with Crippen LogP contribution < -0.4 is 0 Å². The van der Waals surface area contributed by atoms with Crippen LogP contribution in [-0.2, 0) is 0 Å². The van der Waals surface area contributed by atoms with E-state index in [1.54, 1.807) is 0 Å². The molecule has 0 spiro atoms. The van der Waals surface area contributed by atoms with Gasteiger partial charge in [0, 0.05) is 45.6 Å². The fourth-order valence-corrected chi connectivity index (χ4v) is 3.56. The Labute approximate surface area is 146 Å². The minimum atomic E-state index is 1.03. The molecule has 0 atom stereocenters. The smallest absolute Gasteiger partial charge is 0.0709 e. The van der Waals surface area contributed by atoms with Crippen molar-refractivity contribution in [1.82, 2.24) is 4.98 Å². The molecule has 25 heavy (non-hydrogen) atoms. The van der Waals surface area contributed by atoms with Gasteiger partial charge in [-0.15, -0.1) is 0 Å². The molecule has 5 rings (SSSR count). The second-order valence-electron chi connectivity index (χ2n) is 6.18. The van der Waals surface area contributed by atoms with Crippen LogP contribution in [0.3, 0.4) is 0 Å². The van der Waals surface area contributed by atoms with E-state index in [9.17, 15) is 0 Å². The summed E-state index contributed by atoms with van der Waals surface area (Å²) in [6.45, 7) is 0. The first-order valence-corrected chi connectivity index (χ1v) is 8.41. The van der Waals surface area contributed by atoms with E-state index in [-0.39, 0.29) is 0 Å². The molecular formula is C23H16N2. The standard InChI is InChI=1S/C23H16N2/c1-2-8-16(9-3-1)23(19-14-24-21-12-6-4-10-17(19)21)20-15-25-22-13-7-5-11-18(20)22/h1-15,24H/b23-20+. The van der Waals surface area contributed by atoms with E-state index in [2.05, 4.69) is 89.0 Å². The Bertz CT molecular complexity index is 1130. The number of hydrogen-bond donors (Lipinski definition) is 1. The van der Waals surface area contributed by atoms with Gasteiger partial charge in [0.05, 0.1) is 5.69 Å². The molecule has 0 saturated carbocycles. The van der Waals surface area contributed by atoms with Crippen LogP contribution in [-0.4, -0.2) is 11.2 Å². The minimum Gasteiger partial charge on any atom is -0.361 e. The highest BCUT2D eigenvalue weighted by Gasteiger charge is 2.20. The molecular weight excluding hydrogens is 304 g/mol. The molecule has 0 unspecified atom stereocenters.